The lowest BCUT2D eigenvalue weighted by Crippen LogP contribution is -2.38. The lowest BCUT2D eigenvalue weighted by molar-refractivity contribution is -0.125. The molecule has 0 aromatic rings. The van der Waals surface area contributed by atoms with Crippen LogP contribution in [0.5, 0.6) is 0 Å². The van der Waals surface area contributed by atoms with Gasteiger partial charge >= 0.3 is 7.82 Å². The Labute approximate surface area is 82.3 Å². The molecule has 14 heavy (non-hydrogen) atoms. The van der Waals surface area contributed by atoms with Gasteiger partial charge in [-0.2, -0.15) is 0 Å². The van der Waals surface area contributed by atoms with E-state index < -0.39 is 20.0 Å². The van der Waals surface area contributed by atoms with Gasteiger partial charge in [0.1, 0.15) is 0 Å². The molecule has 0 fully saturated rings. The van der Waals surface area contributed by atoms with Crippen molar-refractivity contribution >= 4 is 13.7 Å². The number of phosphoric acid groups is 1. The molecule has 0 heterocycles. The monoisotopic (exact) mass is 226 g/mol. The van der Waals surface area contributed by atoms with E-state index in [9.17, 15) is 9.36 Å². The molecule has 1 amide bonds. The molecule has 8 heteroatoms. The van der Waals surface area contributed by atoms with E-state index in [0.717, 1.165) is 0 Å². The Morgan fingerprint density at radius 1 is 1.36 bits per heavy atom. The average molecular weight is 226 g/mol. The molecule has 0 aliphatic heterocycles. The Morgan fingerprint density at radius 3 is 2.07 bits per heavy atom. The molecule has 7 nitrogen and oxygen atoms in total. The first-order valence-corrected chi connectivity index (χ1v) is 5.53. The predicted octanol–water partition coefficient (Wildman–Crippen LogP) is -0.0458. The van der Waals surface area contributed by atoms with Crippen LogP contribution in [0.2, 0.25) is 0 Å². The van der Waals surface area contributed by atoms with Crippen molar-refractivity contribution in [3.8, 4) is 0 Å². The van der Waals surface area contributed by atoms with Crippen molar-refractivity contribution in [2.45, 2.75) is 20.1 Å². The topological polar surface area (TPSA) is 114 Å². The van der Waals surface area contributed by atoms with Crippen molar-refractivity contribution < 1.29 is 22.9 Å². The van der Waals surface area contributed by atoms with E-state index in [0.29, 0.717) is 0 Å². The summed E-state index contributed by atoms with van der Waals surface area (Å²) in [7, 11) is -3.76. The number of primary amides is 1. The van der Waals surface area contributed by atoms with Crippen LogP contribution < -0.4 is 11.5 Å². The average Bonchev–Trinajstić information content (AvgIpc) is 2.04. The van der Waals surface area contributed by atoms with Gasteiger partial charge < -0.3 is 5.73 Å². The highest BCUT2D eigenvalue weighted by Crippen LogP contribution is 2.49. The summed E-state index contributed by atoms with van der Waals surface area (Å²) in [5, 5.41) is 0. The summed E-state index contributed by atoms with van der Waals surface area (Å²) >= 11 is 0. The summed E-state index contributed by atoms with van der Waals surface area (Å²) in [6.45, 7) is 3.43. The van der Waals surface area contributed by atoms with E-state index in [1.807, 2.05) is 0 Å². The third kappa shape index (κ3) is 4.69. The molecule has 4 N–H and O–H groups in total. The maximum atomic E-state index is 11.6. The molecule has 0 aromatic carbocycles. The fourth-order valence-corrected chi connectivity index (χ4v) is 1.82. The second-order valence-corrected chi connectivity index (χ2v) is 3.83. The van der Waals surface area contributed by atoms with Crippen molar-refractivity contribution in [2.75, 3.05) is 13.2 Å². The molecular formula is C6H15N2O5P. The number of nitrogens with two attached hydrogens (primary N) is 2. The molecule has 0 aliphatic carbocycles. The van der Waals surface area contributed by atoms with Gasteiger partial charge in [-0.1, -0.05) is 0 Å². The smallest absolute Gasteiger partial charge is 0.366 e. The van der Waals surface area contributed by atoms with Gasteiger partial charge in [-0.05, 0) is 13.8 Å². The largest absolute Gasteiger partial charge is 0.476 e. The third-order valence-corrected chi connectivity index (χ3v) is 2.73. The summed E-state index contributed by atoms with van der Waals surface area (Å²) in [6, 6.07) is 0. The Bertz CT molecular complexity index is 224. The molecule has 0 saturated carbocycles. The van der Waals surface area contributed by atoms with Gasteiger partial charge in [0, 0.05) is 0 Å². The van der Waals surface area contributed by atoms with Gasteiger partial charge in [-0.15, -0.1) is 0 Å². The second-order valence-electron chi connectivity index (χ2n) is 2.21. The van der Waals surface area contributed by atoms with Crippen molar-refractivity contribution in [1.82, 2.24) is 0 Å². The van der Waals surface area contributed by atoms with Gasteiger partial charge in [0.2, 0.25) is 0 Å². The van der Waals surface area contributed by atoms with Gasteiger partial charge in [0.15, 0.2) is 6.23 Å². The highest BCUT2D eigenvalue weighted by Gasteiger charge is 2.30. The minimum absolute atomic E-state index is 0.114. The van der Waals surface area contributed by atoms with Crippen molar-refractivity contribution in [3.05, 3.63) is 0 Å². The first kappa shape index (κ1) is 13.5. The van der Waals surface area contributed by atoms with Crippen molar-refractivity contribution in [2.24, 2.45) is 11.5 Å². The van der Waals surface area contributed by atoms with Crippen LogP contribution in [0.4, 0.5) is 0 Å². The molecule has 84 valence electrons. The van der Waals surface area contributed by atoms with Crippen LogP contribution in [0.1, 0.15) is 13.8 Å². The van der Waals surface area contributed by atoms with Crippen LogP contribution in [-0.4, -0.2) is 25.3 Å². The highest BCUT2D eigenvalue weighted by molar-refractivity contribution is 7.48. The van der Waals surface area contributed by atoms with E-state index in [1.165, 1.54) is 0 Å². The molecule has 0 radical (unpaired) electrons. The van der Waals surface area contributed by atoms with E-state index in [1.54, 1.807) is 13.8 Å². The molecule has 0 aromatic heterocycles. The second kappa shape index (κ2) is 6.10. The van der Waals surface area contributed by atoms with Crippen LogP contribution in [0, 0.1) is 0 Å². The normalized spacial score (nSPS) is 13.9. The molecule has 1 atom stereocenters. The first-order valence-electron chi connectivity index (χ1n) is 4.07. The lowest BCUT2D eigenvalue weighted by atomic mass is 10.6. The maximum Gasteiger partial charge on any atom is 0.476 e. The Hall–Kier alpha value is -0.460. The molecule has 0 spiro atoms. The van der Waals surface area contributed by atoms with Gasteiger partial charge in [-0.3, -0.25) is 24.1 Å². The Balaban J connectivity index is 4.35. The number of hydrogen-bond donors (Lipinski definition) is 2. The number of amides is 1. The van der Waals surface area contributed by atoms with Gasteiger partial charge in [-0.25, -0.2) is 4.57 Å². The van der Waals surface area contributed by atoms with E-state index in [2.05, 4.69) is 4.52 Å². The number of phosphoric ester groups is 1. The molecule has 0 aliphatic rings. The number of hydrogen-bond acceptors (Lipinski definition) is 6. The summed E-state index contributed by atoms with van der Waals surface area (Å²) in [5.41, 5.74) is 9.95. The number of carbonyl (C=O) groups excluding carboxylic acids is 1. The first-order chi connectivity index (χ1) is 6.45. The zero-order valence-electron chi connectivity index (χ0n) is 8.13. The molecule has 0 rings (SSSR count). The fourth-order valence-electron chi connectivity index (χ4n) is 0.605. The van der Waals surface area contributed by atoms with Gasteiger partial charge in [0.25, 0.3) is 5.91 Å². The van der Waals surface area contributed by atoms with E-state index >= 15 is 0 Å². The van der Waals surface area contributed by atoms with Crippen molar-refractivity contribution in [3.63, 3.8) is 0 Å². The molecular weight excluding hydrogens is 211 g/mol. The number of rotatable bonds is 7. The van der Waals surface area contributed by atoms with Crippen LogP contribution >= 0.6 is 7.82 Å². The summed E-state index contributed by atoms with van der Waals surface area (Å²) in [4.78, 5) is 10.5. The van der Waals surface area contributed by atoms with Crippen LogP contribution in [0.15, 0.2) is 0 Å². The highest BCUT2D eigenvalue weighted by atomic mass is 31.2. The zero-order valence-corrected chi connectivity index (χ0v) is 9.03. The zero-order chi connectivity index (χ0) is 11.2. The SMILES string of the molecule is CCOP(=O)(OCC)OC(N)C(N)=O. The predicted molar refractivity (Wildman–Crippen MR) is 49.1 cm³/mol. The fraction of sp³-hybridized carbons (Fsp3) is 0.833. The molecule has 0 bridgehead atoms. The minimum Gasteiger partial charge on any atom is -0.366 e. The quantitative estimate of drug-likeness (QED) is 0.464. The van der Waals surface area contributed by atoms with Crippen LogP contribution in [-0.2, 0) is 22.9 Å². The third-order valence-electron chi connectivity index (χ3n) is 1.10. The lowest BCUT2D eigenvalue weighted by Gasteiger charge is -2.18. The molecule has 0 saturated heterocycles. The standard InChI is InChI=1S/C6H15N2O5P/c1-3-11-14(10,12-4-2)13-6(8)5(7)9/h6H,3-4,8H2,1-2H3,(H2,7,9). The summed E-state index contributed by atoms with van der Waals surface area (Å²) < 4.78 is 25.6. The molecule has 1 unspecified atom stereocenters. The van der Waals surface area contributed by atoms with Gasteiger partial charge in [0.05, 0.1) is 13.2 Å². The summed E-state index contributed by atoms with van der Waals surface area (Å²) in [6.07, 6.45) is -1.50. The maximum absolute atomic E-state index is 11.6. The van der Waals surface area contributed by atoms with E-state index in [4.69, 9.17) is 20.5 Å². The van der Waals surface area contributed by atoms with Crippen LogP contribution in [0.3, 0.4) is 0 Å². The number of carbonyl (C=O) groups is 1. The van der Waals surface area contributed by atoms with E-state index in [-0.39, 0.29) is 13.2 Å². The Morgan fingerprint density at radius 2 is 1.79 bits per heavy atom. The van der Waals surface area contributed by atoms with Crippen LogP contribution in [0.25, 0.3) is 0 Å². The van der Waals surface area contributed by atoms with Crippen molar-refractivity contribution in [1.29, 1.82) is 0 Å². The Kier molecular flexibility index (Phi) is 5.90. The summed E-state index contributed by atoms with van der Waals surface area (Å²) in [5.74, 6) is -0.940. The minimum atomic E-state index is -3.76.